The summed E-state index contributed by atoms with van der Waals surface area (Å²) in [5.74, 6) is 1.23. The van der Waals surface area contributed by atoms with Gasteiger partial charge in [-0.25, -0.2) is 4.68 Å². The Hall–Kier alpha value is -1.19. The van der Waals surface area contributed by atoms with E-state index in [1.165, 1.54) is 0 Å². The van der Waals surface area contributed by atoms with Crippen molar-refractivity contribution in [2.45, 2.75) is 0 Å². The third-order valence-electron chi connectivity index (χ3n) is 1.83. The third kappa shape index (κ3) is 2.43. The molecule has 0 fully saturated rings. The summed E-state index contributed by atoms with van der Waals surface area (Å²) in [5, 5.41) is 5.07. The Morgan fingerprint density at radius 3 is 2.40 bits per heavy atom. The summed E-state index contributed by atoms with van der Waals surface area (Å²) in [5.41, 5.74) is 0. The highest BCUT2D eigenvalue weighted by molar-refractivity contribution is 6.34. The normalized spacial score (nSPS) is 10.3. The summed E-state index contributed by atoms with van der Waals surface area (Å²) in [4.78, 5) is 0. The molecule has 1 heterocycles. The van der Waals surface area contributed by atoms with Gasteiger partial charge < -0.3 is 4.74 Å². The Balaban J connectivity index is 2.28. The van der Waals surface area contributed by atoms with Crippen LogP contribution in [0.5, 0.6) is 11.6 Å². The van der Waals surface area contributed by atoms with Crippen LogP contribution in [0.15, 0.2) is 30.5 Å². The summed E-state index contributed by atoms with van der Waals surface area (Å²) < 4.78 is 7.16. The molecule has 0 atom stereocenters. The minimum Gasteiger partial charge on any atom is -0.439 e. The molecule has 0 amide bonds. The molecule has 5 heteroatoms. The molecule has 0 aliphatic rings. The number of aryl methyl sites for hydroxylation is 1. The fourth-order valence-electron chi connectivity index (χ4n) is 1.17. The molecule has 0 N–H and O–H groups in total. The Kier molecular flexibility index (Phi) is 2.84. The first-order valence-corrected chi connectivity index (χ1v) is 5.03. The summed E-state index contributed by atoms with van der Waals surface area (Å²) in [6.45, 7) is 0. The van der Waals surface area contributed by atoms with Crippen molar-refractivity contribution in [2.75, 3.05) is 0 Å². The number of benzene rings is 1. The van der Waals surface area contributed by atoms with Gasteiger partial charge in [0, 0.05) is 23.2 Å². The van der Waals surface area contributed by atoms with Crippen LogP contribution in [-0.2, 0) is 7.05 Å². The summed E-state index contributed by atoms with van der Waals surface area (Å²) in [6.07, 6.45) is 1.65. The Labute approximate surface area is 97.2 Å². The molecule has 78 valence electrons. The summed E-state index contributed by atoms with van der Waals surface area (Å²) >= 11 is 11.7. The zero-order chi connectivity index (χ0) is 10.8. The average molecular weight is 243 g/mol. The molecule has 0 radical (unpaired) electrons. The molecule has 0 aliphatic heterocycles. The maximum absolute atomic E-state index is 5.84. The van der Waals surface area contributed by atoms with Gasteiger partial charge in [-0.2, -0.15) is 5.10 Å². The van der Waals surface area contributed by atoms with Gasteiger partial charge in [-0.05, 0) is 18.2 Å². The second-order valence-corrected chi connectivity index (χ2v) is 3.87. The number of rotatable bonds is 2. The lowest BCUT2D eigenvalue weighted by molar-refractivity contribution is 0.431. The largest absolute Gasteiger partial charge is 0.439 e. The first kappa shape index (κ1) is 10.3. The second-order valence-electron chi connectivity index (χ2n) is 3.00. The van der Waals surface area contributed by atoms with Crippen molar-refractivity contribution in [3.63, 3.8) is 0 Å². The molecule has 2 rings (SSSR count). The SMILES string of the molecule is Cn1nccc1Oc1cc(Cl)cc(Cl)c1. The topological polar surface area (TPSA) is 27.1 Å². The fraction of sp³-hybridized carbons (Fsp3) is 0.100. The predicted molar refractivity (Wildman–Crippen MR) is 59.7 cm³/mol. The second kappa shape index (κ2) is 4.13. The quantitative estimate of drug-likeness (QED) is 0.806. The van der Waals surface area contributed by atoms with Crippen LogP contribution in [0.1, 0.15) is 0 Å². The van der Waals surface area contributed by atoms with E-state index < -0.39 is 0 Å². The van der Waals surface area contributed by atoms with E-state index >= 15 is 0 Å². The fourth-order valence-corrected chi connectivity index (χ4v) is 1.68. The monoisotopic (exact) mass is 242 g/mol. The van der Waals surface area contributed by atoms with Crippen LogP contribution in [-0.4, -0.2) is 9.78 Å². The minimum absolute atomic E-state index is 0.541. The Morgan fingerprint density at radius 2 is 1.87 bits per heavy atom. The summed E-state index contributed by atoms with van der Waals surface area (Å²) in [6, 6.07) is 6.80. The molecule has 15 heavy (non-hydrogen) atoms. The van der Waals surface area contributed by atoms with Gasteiger partial charge in [-0.15, -0.1) is 0 Å². The van der Waals surface area contributed by atoms with Crippen molar-refractivity contribution in [2.24, 2.45) is 7.05 Å². The molecular formula is C10H8Cl2N2O. The molecule has 0 saturated carbocycles. The van der Waals surface area contributed by atoms with Crippen LogP contribution in [0.25, 0.3) is 0 Å². The maximum atomic E-state index is 5.84. The van der Waals surface area contributed by atoms with Crippen LogP contribution < -0.4 is 4.74 Å². The van der Waals surface area contributed by atoms with Crippen LogP contribution in [0.3, 0.4) is 0 Å². The van der Waals surface area contributed by atoms with Crippen LogP contribution in [0.2, 0.25) is 10.0 Å². The first-order chi connectivity index (χ1) is 7.15. The molecule has 0 bridgehead atoms. The van der Waals surface area contributed by atoms with Crippen molar-refractivity contribution in [3.8, 4) is 11.6 Å². The lowest BCUT2D eigenvalue weighted by atomic mass is 10.3. The molecule has 0 aliphatic carbocycles. The van der Waals surface area contributed by atoms with E-state index in [9.17, 15) is 0 Å². The minimum atomic E-state index is 0.541. The number of nitrogens with zero attached hydrogens (tertiary/aromatic N) is 2. The van der Waals surface area contributed by atoms with Crippen molar-refractivity contribution in [3.05, 3.63) is 40.5 Å². The van der Waals surface area contributed by atoms with Gasteiger partial charge in [0.05, 0.1) is 6.20 Å². The van der Waals surface area contributed by atoms with Gasteiger partial charge in [0.15, 0.2) is 0 Å². The summed E-state index contributed by atoms with van der Waals surface area (Å²) in [7, 11) is 1.79. The van der Waals surface area contributed by atoms with E-state index in [4.69, 9.17) is 27.9 Å². The van der Waals surface area contributed by atoms with Crippen molar-refractivity contribution in [1.82, 2.24) is 9.78 Å². The molecule has 1 aromatic heterocycles. The van der Waals surface area contributed by atoms with Gasteiger partial charge in [-0.1, -0.05) is 23.2 Å². The first-order valence-electron chi connectivity index (χ1n) is 4.27. The lowest BCUT2D eigenvalue weighted by Crippen LogP contribution is -1.94. The van der Waals surface area contributed by atoms with Gasteiger partial charge in [0.2, 0.25) is 5.88 Å². The molecule has 1 aromatic carbocycles. The van der Waals surface area contributed by atoms with Crippen LogP contribution in [0.4, 0.5) is 0 Å². The van der Waals surface area contributed by atoms with Gasteiger partial charge in [-0.3, -0.25) is 0 Å². The Bertz CT molecular complexity index is 462. The third-order valence-corrected chi connectivity index (χ3v) is 2.27. The molecule has 3 nitrogen and oxygen atoms in total. The lowest BCUT2D eigenvalue weighted by Gasteiger charge is -2.06. The van der Waals surface area contributed by atoms with Crippen molar-refractivity contribution < 1.29 is 4.74 Å². The molecule has 0 spiro atoms. The van der Waals surface area contributed by atoms with E-state index in [0.717, 1.165) is 0 Å². The number of ether oxygens (including phenoxy) is 1. The number of hydrogen-bond acceptors (Lipinski definition) is 2. The van der Waals surface area contributed by atoms with Gasteiger partial charge in [0.1, 0.15) is 5.75 Å². The number of hydrogen-bond donors (Lipinski definition) is 0. The standard InChI is InChI=1S/C10H8Cl2N2O/c1-14-10(2-3-13-14)15-9-5-7(11)4-8(12)6-9/h2-6H,1H3. The zero-order valence-electron chi connectivity index (χ0n) is 7.95. The van der Waals surface area contributed by atoms with E-state index in [2.05, 4.69) is 5.10 Å². The maximum Gasteiger partial charge on any atom is 0.217 e. The van der Waals surface area contributed by atoms with Gasteiger partial charge >= 0.3 is 0 Å². The van der Waals surface area contributed by atoms with Gasteiger partial charge in [0.25, 0.3) is 0 Å². The van der Waals surface area contributed by atoms with Crippen LogP contribution >= 0.6 is 23.2 Å². The van der Waals surface area contributed by atoms with Crippen molar-refractivity contribution >= 4 is 23.2 Å². The van der Waals surface area contributed by atoms with E-state index in [1.54, 1.807) is 42.2 Å². The van der Waals surface area contributed by atoms with E-state index in [-0.39, 0.29) is 0 Å². The smallest absolute Gasteiger partial charge is 0.217 e. The van der Waals surface area contributed by atoms with E-state index in [1.807, 2.05) is 0 Å². The highest BCUT2D eigenvalue weighted by Crippen LogP contribution is 2.27. The zero-order valence-corrected chi connectivity index (χ0v) is 9.46. The predicted octanol–water partition coefficient (Wildman–Crippen LogP) is 3.52. The highest BCUT2D eigenvalue weighted by atomic mass is 35.5. The molecule has 0 unspecified atom stereocenters. The molecule has 2 aromatic rings. The van der Waals surface area contributed by atoms with E-state index in [0.29, 0.717) is 21.7 Å². The molecular weight excluding hydrogens is 235 g/mol. The Morgan fingerprint density at radius 1 is 1.20 bits per heavy atom. The molecule has 0 saturated heterocycles. The number of aromatic nitrogens is 2. The number of halogens is 2. The average Bonchev–Trinajstić information content (AvgIpc) is 2.50. The van der Waals surface area contributed by atoms with Crippen LogP contribution in [0, 0.1) is 0 Å². The highest BCUT2D eigenvalue weighted by Gasteiger charge is 2.03. The van der Waals surface area contributed by atoms with Crippen molar-refractivity contribution in [1.29, 1.82) is 0 Å².